The lowest BCUT2D eigenvalue weighted by Gasteiger charge is -2.03. The number of aryl methyl sites for hydroxylation is 1. The molecule has 0 radical (unpaired) electrons. The molecule has 0 aromatic carbocycles. The molecule has 100 valence electrons. The Bertz CT molecular complexity index is 598. The van der Waals surface area contributed by atoms with E-state index in [0.29, 0.717) is 5.75 Å². The van der Waals surface area contributed by atoms with Gasteiger partial charge >= 0.3 is 5.97 Å². The summed E-state index contributed by atoms with van der Waals surface area (Å²) in [5, 5.41) is 13.1. The maximum Gasteiger partial charge on any atom is 0.335 e. The summed E-state index contributed by atoms with van der Waals surface area (Å²) in [5.74, 6) is -0.476. The van der Waals surface area contributed by atoms with Crippen molar-refractivity contribution in [2.24, 2.45) is 0 Å². The molecule has 0 amide bonds. The van der Waals surface area contributed by atoms with E-state index >= 15 is 0 Å². The highest BCUT2D eigenvalue weighted by Crippen LogP contribution is 2.22. The summed E-state index contributed by atoms with van der Waals surface area (Å²) in [6, 6.07) is 2.57. The van der Waals surface area contributed by atoms with Crippen LogP contribution in [0.5, 0.6) is 11.6 Å². The molecule has 2 rings (SSSR count). The third kappa shape index (κ3) is 3.45. The van der Waals surface area contributed by atoms with Crippen LogP contribution in [0.2, 0.25) is 5.15 Å². The highest BCUT2D eigenvalue weighted by molar-refractivity contribution is 6.29. The Morgan fingerprint density at radius 2 is 2.32 bits per heavy atom. The molecule has 0 bridgehead atoms. The fourth-order valence-corrected chi connectivity index (χ4v) is 1.72. The molecule has 7 heteroatoms. The summed E-state index contributed by atoms with van der Waals surface area (Å²) < 4.78 is 7.17. The van der Waals surface area contributed by atoms with Crippen LogP contribution in [0.15, 0.2) is 24.5 Å². The molecule has 2 aromatic heterocycles. The van der Waals surface area contributed by atoms with Gasteiger partial charge in [-0.25, -0.2) is 9.78 Å². The number of ether oxygens (including phenoxy) is 1. The summed E-state index contributed by atoms with van der Waals surface area (Å²) >= 11 is 5.74. The van der Waals surface area contributed by atoms with Crippen molar-refractivity contribution in [2.75, 3.05) is 0 Å². The molecule has 6 nitrogen and oxygen atoms in total. The van der Waals surface area contributed by atoms with Crippen LogP contribution in [-0.4, -0.2) is 25.8 Å². The first-order valence-corrected chi connectivity index (χ1v) is 6.07. The van der Waals surface area contributed by atoms with Crippen molar-refractivity contribution < 1.29 is 14.6 Å². The summed E-state index contributed by atoms with van der Waals surface area (Å²) in [4.78, 5) is 14.8. The number of aromatic nitrogens is 3. The Morgan fingerprint density at radius 3 is 3.00 bits per heavy atom. The minimum Gasteiger partial charge on any atom is -0.478 e. The van der Waals surface area contributed by atoms with Crippen LogP contribution < -0.4 is 4.74 Å². The first-order valence-electron chi connectivity index (χ1n) is 5.69. The number of carboxylic acid groups (broad SMARTS) is 1. The van der Waals surface area contributed by atoms with Gasteiger partial charge < -0.3 is 9.84 Å². The van der Waals surface area contributed by atoms with Gasteiger partial charge in [0.25, 0.3) is 0 Å². The average molecular weight is 282 g/mol. The highest BCUT2D eigenvalue weighted by atomic mass is 35.5. The number of hydrogen-bond acceptors (Lipinski definition) is 4. The zero-order valence-corrected chi connectivity index (χ0v) is 11.0. The molecule has 2 heterocycles. The summed E-state index contributed by atoms with van der Waals surface area (Å²) in [5.41, 5.74) is 0.0240. The second-order valence-electron chi connectivity index (χ2n) is 3.86. The van der Waals surface area contributed by atoms with Crippen LogP contribution in [0.3, 0.4) is 0 Å². The SMILES string of the molecule is CCCn1cc(Oc2cc(C(=O)O)cc(Cl)n2)cn1. The first kappa shape index (κ1) is 13.4. The number of nitrogens with zero attached hydrogens (tertiary/aromatic N) is 3. The van der Waals surface area contributed by atoms with Gasteiger partial charge in [0, 0.05) is 12.6 Å². The maximum atomic E-state index is 10.9. The van der Waals surface area contributed by atoms with E-state index in [0.717, 1.165) is 13.0 Å². The quantitative estimate of drug-likeness (QED) is 0.853. The fraction of sp³-hybridized carbons (Fsp3) is 0.250. The van der Waals surface area contributed by atoms with Crippen molar-refractivity contribution in [1.29, 1.82) is 0 Å². The van der Waals surface area contributed by atoms with Crippen LogP contribution in [0.1, 0.15) is 23.7 Å². The summed E-state index contributed by atoms with van der Waals surface area (Å²) in [6.07, 6.45) is 4.21. The van der Waals surface area contributed by atoms with Crippen molar-refractivity contribution >= 4 is 17.6 Å². The third-order valence-corrected chi connectivity index (χ3v) is 2.50. The van der Waals surface area contributed by atoms with E-state index in [1.807, 2.05) is 6.92 Å². The molecule has 0 aliphatic carbocycles. The minimum atomic E-state index is -1.09. The number of carboxylic acids is 1. The zero-order valence-electron chi connectivity index (χ0n) is 10.2. The molecule has 0 unspecified atom stereocenters. The summed E-state index contributed by atoms with van der Waals surface area (Å²) in [6.45, 7) is 2.83. The second-order valence-corrected chi connectivity index (χ2v) is 4.25. The van der Waals surface area contributed by atoms with Crippen molar-refractivity contribution in [3.63, 3.8) is 0 Å². The third-order valence-electron chi connectivity index (χ3n) is 2.30. The molecule has 0 saturated carbocycles. The lowest BCUT2D eigenvalue weighted by molar-refractivity contribution is 0.0696. The number of hydrogen-bond donors (Lipinski definition) is 1. The van der Waals surface area contributed by atoms with Gasteiger partial charge in [0.1, 0.15) is 5.15 Å². The van der Waals surface area contributed by atoms with Crippen LogP contribution >= 0.6 is 11.6 Å². The second kappa shape index (κ2) is 5.71. The van der Waals surface area contributed by atoms with Crippen molar-refractivity contribution in [3.8, 4) is 11.6 Å². The van der Waals surface area contributed by atoms with Gasteiger partial charge in [0.15, 0.2) is 5.75 Å². The largest absolute Gasteiger partial charge is 0.478 e. The normalized spacial score (nSPS) is 10.4. The van der Waals surface area contributed by atoms with Gasteiger partial charge in [-0.05, 0) is 12.5 Å². The highest BCUT2D eigenvalue weighted by Gasteiger charge is 2.10. The lowest BCUT2D eigenvalue weighted by atomic mass is 10.3. The molecule has 0 aliphatic heterocycles. The number of carbonyl (C=O) groups is 1. The molecule has 0 fully saturated rings. The van der Waals surface area contributed by atoms with E-state index in [2.05, 4.69) is 10.1 Å². The predicted octanol–water partition coefficient (Wildman–Crippen LogP) is 2.83. The molecular weight excluding hydrogens is 270 g/mol. The van der Waals surface area contributed by atoms with E-state index < -0.39 is 5.97 Å². The monoisotopic (exact) mass is 281 g/mol. The first-order chi connectivity index (χ1) is 9.08. The van der Waals surface area contributed by atoms with Gasteiger partial charge in [-0.15, -0.1) is 0 Å². The Labute approximate surface area is 114 Å². The topological polar surface area (TPSA) is 77.2 Å². The maximum absolute atomic E-state index is 10.9. The average Bonchev–Trinajstić information content (AvgIpc) is 2.76. The zero-order chi connectivity index (χ0) is 13.8. The van der Waals surface area contributed by atoms with E-state index in [1.54, 1.807) is 17.1 Å². The predicted molar refractivity (Wildman–Crippen MR) is 68.8 cm³/mol. The Balaban J connectivity index is 2.19. The molecule has 2 aromatic rings. The molecule has 0 spiro atoms. The Hall–Kier alpha value is -2.08. The lowest BCUT2D eigenvalue weighted by Crippen LogP contribution is -1.98. The van der Waals surface area contributed by atoms with E-state index in [1.165, 1.54) is 12.1 Å². The number of rotatable bonds is 5. The number of aromatic carboxylic acids is 1. The van der Waals surface area contributed by atoms with E-state index in [9.17, 15) is 4.79 Å². The number of pyridine rings is 1. The van der Waals surface area contributed by atoms with Gasteiger partial charge in [-0.1, -0.05) is 18.5 Å². The smallest absolute Gasteiger partial charge is 0.335 e. The molecule has 0 atom stereocenters. The van der Waals surface area contributed by atoms with Crippen molar-refractivity contribution in [2.45, 2.75) is 19.9 Å². The van der Waals surface area contributed by atoms with Crippen molar-refractivity contribution in [1.82, 2.24) is 14.8 Å². The standard InChI is InChI=1S/C12H12ClN3O3/c1-2-3-16-7-9(6-14-16)19-11-5-8(12(17)18)4-10(13)15-11/h4-7H,2-3H2,1H3,(H,17,18). The molecule has 19 heavy (non-hydrogen) atoms. The molecular formula is C12H12ClN3O3. The van der Waals surface area contributed by atoms with E-state index in [-0.39, 0.29) is 16.6 Å². The van der Waals surface area contributed by atoms with Crippen molar-refractivity contribution in [3.05, 3.63) is 35.2 Å². The van der Waals surface area contributed by atoms with Crippen LogP contribution in [-0.2, 0) is 6.54 Å². The number of halogens is 1. The van der Waals surface area contributed by atoms with Crippen LogP contribution in [0.4, 0.5) is 0 Å². The van der Waals surface area contributed by atoms with Crippen LogP contribution in [0, 0.1) is 0 Å². The fourth-order valence-electron chi connectivity index (χ4n) is 1.52. The van der Waals surface area contributed by atoms with Gasteiger partial charge in [0.2, 0.25) is 5.88 Å². The molecule has 0 saturated heterocycles. The molecule has 0 aliphatic rings. The van der Waals surface area contributed by atoms with Crippen LogP contribution in [0.25, 0.3) is 0 Å². The summed E-state index contributed by atoms with van der Waals surface area (Å²) in [7, 11) is 0. The molecule has 1 N–H and O–H groups in total. The Morgan fingerprint density at radius 1 is 1.53 bits per heavy atom. The minimum absolute atomic E-state index is 0.0240. The van der Waals surface area contributed by atoms with E-state index in [4.69, 9.17) is 21.4 Å². The van der Waals surface area contributed by atoms with Gasteiger partial charge in [-0.2, -0.15) is 5.10 Å². The Kier molecular flexibility index (Phi) is 4.01. The van der Waals surface area contributed by atoms with Gasteiger partial charge in [-0.3, -0.25) is 4.68 Å². The van der Waals surface area contributed by atoms with Gasteiger partial charge in [0.05, 0.1) is 18.0 Å².